The van der Waals surface area contributed by atoms with Gasteiger partial charge in [0.15, 0.2) is 0 Å². The number of rotatable bonds is 2. The fraction of sp³-hybridized carbons (Fsp3) is 0.636. The summed E-state index contributed by atoms with van der Waals surface area (Å²) in [4.78, 5) is 32.6. The Bertz CT molecular complexity index is 761. The first kappa shape index (κ1) is 20.6. The average Bonchev–Trinajstić information content (AvgIpc) is 2.73. The first-order valence-corrected chi connectivity index (χ1v) is 10.9. The molecule has 1 unspecified atom stereocenters. The number of amides is 2. The van der Waals surface area contributed by atoms with Crippen LogP contribution in [0.15, 0.2) is 24.3 Å². The van der Waals surface area contributed by atoms with E-state index >= 15 is 0 Å². The second kappa shape index (κ2) is 8.25. The van der Waals surface area contributed by atoms with E-state index in [1.807, 2.05) is 9.80 Å². The third-order valence-electron chi connectivity index (χ3n) is 6.53. The molecule has 4 rings (SSSR count). The molecule has 0 bridgehead atoms. The number of hydrogen-bond acceptors (Lipinski definition) is 4. The summed E-state index contributed by atoms with van der Waals surface area (Å²) in [6, 6.07) is 7.24. The van der Waals surface area contributed by atoms with Gasteiger partial charge >= 0.3 is 0 Å². The lowest BCUT2D eigenvalue weighted by atomic mass is 9.91. The van der Waals surface area contributed by atoms with Crippen molar-refractivity contribution in [3.05, 3.63) is 34.9 Å². The van der Waals surface area contributed by atoms with Gasteiger partial charge in [0.1, 0.15) is 0 Å². The molecule has 158 valence electrons. The van der Waals surface area contributed by atoms with Crippen LogP contribution >= 0.6 is 11.6 Å². The lowest BCUT2D eigenvalue weighted by Crippen LogP contribution is -2.71. The van der Waals surface area contributed by atoms with Crippen molar-refractivity contribution in [3.8, 4) is 0 Å². The molecule has 3 aliphatic heterocycles. The third-order valence-corrected chi connectivity index (χ3v) is 6.78. The van der Waals surface area contributed by atoms with E-state index in [0.717, 1.165) is 25.9 Å². The van der Waals surface area contributed by atoms with Crippen molar-refractivity contribution in [1.29, 1.82) is 0 Å². The number of halogens is 1. The number of benzene rings is 1. The van der Waals surface area contributed by atoms with Crippen LogP contribution < -0.4 is 0 Å². The van der Waals surface area contributed by atoms with Gasteiger partial charge in [-0.1, -0.05) is 11.6 Å². The number of piperazine rings is 2. The Morgan fingerprint density at radius 1 is 1.03 bits per heavy atom. The highest BCUT2D eigenvalue weighted by atomic mass is 35.5. The van der Waals surface area contributed by atoms with Gasteiger partial charge in [0, 0.05) is 74.0 Å². The normalized spacial score (nSPS) is 25.6. The molecule has 29 heavy (non-hydrogen) atoms. The van der Waals surface area contributed by atoms with Crippen LogP contribution in [0.25, 0.3) is 0 Å². The molecule has 0 aliphatic carbocycles. The zero-order valence-corrected chi connectivity index (χ0v) is 18.0. The summed E-state index contributed by atoms with van der Waals surface area (Å²) in [5, 5.41) is 0.626. The molecule has 1 aromatic rings. The Morgan fingerprint density at radius 2 is 1.69 bits per heavy atom. The summed E-state index contributed by atoms with van der Waals surface area (Å²) in [6.45, 7) is 9.36. The van der Waals surface area contributed by atoms with Crippen LogP contribution in [0.4, 0.5) is 0 Å². The van der Waals surface area contributed by atoms with Gasteiger partial charge in [0.25, 0.3) is 5.91 Å². The van der Waals surface area contributed by atoms with Crippen molar-refractivity contribution < 1.29 is 14.3 Å². The van der Waals surface area contributed by atoms with Crippen LogP contribution in [0.3, 0.4) is 0 Å². The summed E-state index contributed by atoms with van der Waals surface area (Å²) in [5.41, 5.74) is 0.531. The first-order chi connectivity index (χ1) is 13.8. The molecule has 3 fully saturated rings. The van der Waals surface area contributed by atoms with Crippen LogP contribution in [-0.2, 0) is 9.53 Å². The van der Waals surface area contributed by atoms with Gasteiger partial charge in [-0.3, -0.25) is 14.5 Å². The molecule has 1 aromatic carbocycles. The van der Waals surface area contributed by atoms with E-state index in [0.29, 0.717) is 43.4 Å². The molecule has 2 amide bonds. The molecule has 0 spiro atoms. The molecule has 1 atom stereocenters. The number of carbonyl (C=O) groups excluding carboxylic acids is 2. The minimum Gasteiger partial charge on any atom is -0.381 e. The SMILES string of the molecule is CC1(C)CN(C(=O)c2ccc(Cl)cc2)CC2CN(C(=O)C3CCOCC3)CCN21. The fourth-order valence-corrected chi connectivity index (χ4v) is 5.14. The topological polar surface area (TPSA) is 53.1 Å². The monoisotopic (exact) mass is 419 g/mol. The minimum absolute atomic E-state index is 0.0299. The van der Waals surface area contributed by atoms with Crippen LogP contribution in [0, 0.1) is 5.92 Å². The highest BCUT2D eigenvalue weighted by molar-refractivity contribution is 6.30. The summed E-state index contributed by atoms with van der Waals surface area (Å²) in [6.07, 6.45) is 1.63. The second-order valence-corrected chi connectivity index (χ2v) is 9.46. The van der Waals surface area contributed by atoms with Gasteiger partial charge in [-0.05, 0) is 51.0 Å². The molecule has 0 radical (unpaired) electrons. The van der Waals surface area contributed by atoms with E-state index < -0.39 is 0 Å². The predicted octanol–water partition coefficient (Wildman–Crippen LogP) is 2.51. The lowest BCUT2D eigenvalue weighted by molar-refractivity contribution is -0.145. The molecule has 6 nitrogen and oxygen atoms in total. The Balaban J connectivity index is 1.47. The van der Waals surface area contributed by atoms with E-state index in [-0.39, 0.29) is 29.3 Å². The second-order valence-electron chi connectivity index (χ2n) is 9.02. The molecule has 0 aromatic heterocycles. The van der Waals surface area contributed by atoms with Gasteiger partial charge in [-0.25, -0.2) is 0 Å². The zero-order chi connectivity index (χ0) is 20.6. The van der Waals surface area contributed by atoms with Crippen LogP contribution in [0.5, 0.6) is 0 Å². The minimum atomic E-state index is -0.126. The van der Waals surface area contributed by atoms with Gasteiger partial charge in [0.2, 0.25) is 5.91 Å². The largest absolute Gasteiger partial charge is 0.381 e. The molecular formula is C22H30ClN3O3. The summed E-state index contributed by atoms with van der Waals surface area (Å²) < 4.78 is 5.41. The zero-order valence-electron chi connectivity index (χ0n) is 17.3. The molecule has 0 saturated carbocycles. The van der Waals surface area contributed by atoms with Gasteiger partial charge < -0.3 is 14.5 Å². The van der Waals surface area contributed by atoms with Gasteiger partial charge in [0.05, 0.1) is 0 Å². The molecule has 0 N–H and O–H groups in total. The highest BCUT2D eigenvalue weighted by Crippen LogP contribution is 2.30. The number of carbonyl (C=O) groups is 2. The maximum atomic E-state index is 13.1. The Morgan fingerprint density at radius 3 is 2.38 bits per heavy atom. The number of hydrogen-bond donors (Lipinski definition) is 0. The Hall–Kier alpha value is -1.63. The van der Waals surface area contributed by atoms with Crippen molar-refractivity contribution in [2.75, 3.05) is 45.9 Å². The number of ether oxygens (including phenoxy) is 1. The quantitative estimate of drug-likeness (QED) is 0.739. The summed E-state index contributed by atoms with van der Waals surface area (Å²) in [7, 11) is 0. The molecule has 3 aliphatic rings. The van der Waals surface area contributed by atoms with E-state index in [1.54, 1.807) is 24.3 Å². The number of nitrogens with zero attached hydrogens (tertiary/aromatic N) is 3. The van der Waals surface area contributed by atoms with E-state index in [2.05, 4.69) is 18.7 Å². The number of fused-ring (bicyclic) bond motifs is 1. The van der Waals surface area contributed by atoms with Gasteiger partial charge in [-0.15, -0.1) is 0 Å². The molecular weight excluding hydrogens is 390 g/mol. The average molecular weight is 420 g/mol. The standard InChI is InChI=1S/C22H30ClN3O3/c1-22(2)15-25(21(28)16-3-5-18(23)6-4-16)14-19-13-24(9-10-26(19)22)20(27)17-7-11-29-12-8-17/h3-6,17,19H,7-15H2,1-2H3. The maximum absolute atomic E-state index is 13.1. The van der Waals surface area contributed by atoms with Crippen molar-refractivity contribution >= 4 is 23.4 Å². The van der Waals surface area contributed by atoms with Crippen LogP contribution in [0.2, 0.25) is 5.02 Å². The van der Waals surface area contributed by atoms with Crippen LogP contribution in [0.1, 0.15) is 37.0 Å². The maximum Gasteiger partial charge on any atom is 0.253 e. The summed E-state index contributed by atoms with van der Waals surface area (Å²) in [5.74, 6) is 0.368. The van der Waals surface area contributed by atoms with Crippen molar-refractivity contribution in [3.63, 3.8) is 0 Å². The fourth-order valence-electron chi connectivity index (χ4n) is 5.02. The highest BCUT2D eigenvalue weighted by Gasteiger charge is 2.45. The predicted molar refractivity (Wildman–Crippen MR) is 112 cm³/mol. The smallest absolute Gasteiger partial charge is 0.253 e. The van der Waals surface area contributed by atoms with E-state index in [9.17, 15) is 9.59 Å². The van der Waals surface area contributed by atoms with Crippen LogP contribution in [-0.4, -0.2) is 84.0 Å². The Labute approximate surface area is 177 Å². The van der Waals surface area contributed by atoms with Crippen molar-refractivity contribution in [2.45, 2.75) is 38.3 Å². The Kier molecular flexibility index (Phi) is 5.87. The first-order valence-electron chi connectivity index (χ1n) is 10.5. The molecule has 3 saturated heterocycles. The summed E-state index contributed by atoms with van der Waals surface area (Å²) >= 11 is 5.97. The lowest BCUT2D eigenvalue weighted by Gasteiger charge is -2.55. The van der Waals surface area contributed by atoms with Crippen molar-refractivity contribution in [1.82, 2.24) is 14.7 Å². The van der Waals surface area contributed by atoms with E-state index in [1.165, 1.54) is 0 Å². The van der Waals surface area contributed by atoms with E-state index in [4.69, 9.17) is 16.3 Å². The van der Waals surface area contributed by atoms with Gasteiger partial charge in [-0.2, -0.15) is 0 Å². The van der Waals surface area contributed by atoms with Crippen molar-refractivity contribution in [2.24, 2.45) is 5.92 Å². The molecule has 3 heterocycles. The molecule has 7 heteroatoms. The third kappa shape index (κ3) is 4.30.